The van der Waals surface area contributed by atoms with E-state index in [9.17, 15) is 8.42 Å². The van der Waals surface area contributed by atoms with Gasteiger partial charge in [0.2, 0.25) is 5.96 Å². The minimum atomic E-state index is -3.72. The zero-order valence-electron chi connectivity index (χ0n) is 17.3. The minimum absolute atomic E-state index is 0.0311. The molecular formula is C22H26ClN5O2S. The molecular weight excluding hydrogens is 434 g/mol. The average Bonchev–Trinajstić information content (AvgIpc) is 3.24. The normalized spacial score (nSPS) is 22.3. The third-order valence-electron chi connectivity index (χ3n) is 5.56. The maximum Gasteiger partial charge on any atom is 0.272 e. The van der Waals surface area contributed by atoms with Crippen LogP contribution in [0.2, 0.25) is 5.02 Å². The van der Waals surface area contributed by atoms with Gasteiger partial charge in [-0.05, 0) is 49.1 Å². The van der Waals surface area contributed by atoms with Gasteiger partial charge in [-0.2, -0.15) is 5.10 Å². The smallest absolute Gasteiger partial charge is 0.272 e. The van der Waals surface area contributed by atoms with E-state index >= 15 is 0 Å². The summed E-state index contributed by atoms with van der Waals surface area (Å²) < 4.78 is 29.9. The molecule has 1 fully saturated rings. The van der Waals surface area contributed by atoms with Crippen LogP contribution in [0.3, 0.4) is 0 Å². The zero-order valence-corrected chi connectivity index (χ0v) is 18.9. The molecule has 2 N–H and O–H groups in total. The second-order valence-corrected chi connectivity index (χ2v) is 9.87. The molecule has 4 rings (SSSR count). The zero-order chi connectivity index (χ0) is 21.8. The first-order valence-corrected chi connectivity index (χ1v) is 12.3. The van der Waals surface area contributed by atoms with E-state index in [1.54, 1.807) is 12.1 Å². The number of nitrogens with zero attached hydrogens (tertiary/aromatic N) is 3. The Kier molecular flexibility index (Phi) is 6.60. The van der Waals surface area contributed by atoms with Crippen molar-refractivity contribution in [1.29, 1.82) is 0 Å². The van der Waals surface area contributed by atoms with E-state index in [0.29, 0.717) is 24.5 Å². The molecule has 0 spiro atoms. The molecule has 0 aromatic heterocycles. The topological polar surface area (TPSA) is 86.2 Å². The number of hydrogen-bond donors (Lipinski definition) is 2. The van der Waals surface area contributed by atoms with Gasteiger partial charge in [0.05, 0.1) is 12.3 Å². The fourth-order valence-electron chi connectivity index (χ4n) is 3.94. The van der Waals surface area contributed by atoms with Gasteiger partial charge >= 0.3 is 0 Å². The molecule has 2 aliphatic rings. The summed E-state index contributed by atoms with van der Waals surface area (Å²) in [7, 11) is -2.05. The molecule has 0 amide bonds. The quantitative estimate of drug-likeness (QED) is 0.541. The Labute approximate surface area is 188 Å². The van der Waals surface area contributed by atoms with Crippen LogP contribution in [0.4, 0.5) is 0 Å². The number of halogens is 1. The first-order valence-electron chi connectivity index (χ1n) is 10.4. The van der Waals surface area contributed by atoms with Gasteiger partial charge in [0.25, 0.3) is 10.0 Å². The van der Waals surface area contributed by atoms with Gasteiger partial charge in [0.1, 0.15) is 5.37 Å². The molecule has 0 aliphatic carbocycles. The molecule has 31 heavy (non-hydrogen) atoms. The summed E-state index contributed by atoms with van der Waals surface area (Å²) in [4.78, 5) is 0. The monoisotopic (exact) mass is 459 g/mol. The van der Waals surface area contributed by atoms with Gasteiger partial charge in [-0.25, -0.2) is 13.4 Å². The summed E-state index contributed by atoms with van der Waals surface area (Å²) in [6.45, 7) is 1.17. The van der Waals surface area contributed by atoms with Crippen molar-refractivity contribution in [1.82, 2.24) is 15.6 Å². The molecule has 9 heteroatoms. The molecule has 2 heterocycles. The predicted octanol–water partition coefficient (Wildman–Crippen LogP) is 3.15. The average molecular weight is 460 g/mol. The lowest BCUT2D eigenvalue weighted by molar-refractivity contribution is 0.452. The Hall–Kier alpha value is -2.42. The second-order valence-electron chi connectivity index (χ2n) is 7.66. The van der Waals surface area contributed by atoms with Crippen LogP contribution in [0.25, 0.3) is 0 Å². The maximum atomic E-state index is 12.9. The van der Waals surface area contributed by atoms with E-state index in [1.807, 2.05) is 42.5 Å². The molecule has 2 aliphatic heterocycles. The van der Waals surface area contributed by atoms with Crippen molar-refractivity contribution in [3.8, 4) is 0 Å². The molecule has 2 aromatic rings. The first-order chi connectivity index (χ1) is 15.0. The lowest BCUT2D eigenvalue weighted by Gasteiger charge is -2.23. The predicted molar refractivity (Wildman–Crippen MR) is 125 cm³/mol. The van der Waals surface area contributed by atoms with Gasteiger partial charge in [-0.15, -0.1) is 4.40 Å². The van der Waals surface area contributed by atoms with Gasteiger partial charge in [0, 0.05) is 18.0 Å². The number of guanidine groups is 1. The number of rotatable bonds is 4. The fourth-order valence-corrected chi connectivity index (χ4v) is 5.41. The highest BCUT2D eigenvalue weighted by molar-refractivity contribution is 7.90. The summed E-state index contributed by atoms with van der Waals surface area (Å²) >= 11 is 6.07. The number of piperidine rings is 1. The Morgan fingerprint density at radius 2 is 1.90 bits per heavy atom. The number of hydrogen-bond acceptors (Lipinski definition) is 4. The van der Waals surface area contributed by atoms with Crippen LogP contribution in [0.5, 0.6) is 0 Å². The minimum Gasteiger partial charge on any atom is -0.357 e. The fraction of sp³-hybridized carbons (Fsp3) is 0.364. The van der Waals surface area contributed by atoms with E-state index in [0.717, 1.165) is 29.7 Å². The molecule has 164 valence electrons. The SMILES string of the molecule is CNC(=NS(=O)(=O)C1CCCCN1)N1C[C@H](c2ccccc2)C(c2ccc(Cl)cc2)=N1. The van der Waals surface area contributed by atoms with Crippen LogP contribution in [0.15, 0.2) is 64.1 Å². The Morgan fingerprint density at radius 1 is 1.16 bits per heavy atom. The van der Waals surface area contributed by atoms with Gasteiger partial charge in [0.15, 0.2) is 0 Å². The third kappa shape index (κ3) is 4.92. The maximum absolute atomic E-state index is 12.9. The van der Waals surface area contributed by atoms with E-state index in [1.165, 1.54) is 0 Å². The highest BCUT2D eigenvalue weighted by Gasteiger charge is 2.33. The van der Waals surface area contributed by atoms with Crippen molar-refractivity contribution in [3.63, 3.8) is 0 Å². The summed E-state index contributed by atoms with van der Waals surface area (Å²) in [5, 5.41) is 12.4. The van der Waals surface area contributed by atoms with Crippen LogP contribution >= 0.6 is 11.6 Å². The number of hydrazone groups is 1. The standard InChI is InChI=1S/C22H26ClN5O2S/c1-24-22(27-31(29,30)20-9-5-6-14-25-20)28-15-19(16-7-3-2-4-8-16)21(26-28)17-10-12-18(23)13-11-17/h2-4,7-8,10-13,19-20,25H,5-6,9,14-15H2,1H3,(H,24,27)/t19-,20?/m1/s1. The van der Waals surface area contributed by atoms with E-state index in [2.05, 4.69) is 27.2 Å². The lowest BCUT2D eigenvalue weighted by Crippen LogP contribution is -2.42. The molecule has 2 atom stereocenters. The van der Waals surface area contributed by atoms with Crippen LogP contribution in [-0.4, -0.2) is 50.6 Å². The number of nitrogens with one attached hydrogen (secondary N) is 2. The van der Waals surface area contributed by atoms with Crippen LogP contribution in [0, 0.1) is 0 Å². The highest BCUT2D eigenvalue weighted by atomic mass is 35.5. The summed E-state index contributed by atoms with van der Waals surface area (Å²) in [5.74, 6) is 0.189. The van der Waals surface area contributed by atoms with E-state index in [4.69, 9.17) is 16.7 Å². The molecule has 0 saturated carbocycles. The first kappa shape index (κ1) is 21.8. The summed E-state index contributed by atoms with van der Waals surface area (Å²) in [6, 6.07) is 17.6. The van der Waals surface area contributed by atoms with Crippen molar-refractivity contribution in [2.45, 2.75) is 30.6 Å². The Bertz CT molecular complexity index is 1060. The molecule has 1 saturated heterocycles. The van der Waals surface area contributed by atoms with Gasteiger partial charge in [-0.3, -0.25) is 5.32 Å². The summed E-state index contributed by atoms with van der Waals surface area (Å²) in [5.41, 5.74) is 2.89. The molecule has 2 aromatic carbocycles. The Balaban J connectivity index is 1.69. The molecule has 0 radical (unpaired) electrons. The van der Waals surface area contributed by atoms with Crippen LogP contribution < -0.4 is 10.6 Å². The lowest BCUT2D eigenvalue weighted by atomic mass is 9.91. The molecule has 7 nitrogen and oxygen atoms in total. The van der Waals surface area contributed by atoms with Crippen molar-refractivity contribution in [2.24, 2.45) is 9.50 Å². The largest absolute Gasteiger partial charge is 0.357 e. The van der Waals surface area contributed by atoms with E-state index in [-0.39, 0.29) is 11.9 Å². The highest BCUT2D eigenvalue weighted by Crippen LogP contribution is 2.29. The second kappa shape index (κ2) is 9.38. The van der Waals surface area contributed by atoms with Crippen LogP contribution in [0.1, 0.15) is 36.3 Å². The van der Waals surface area contributed by atoms with Crippen molar-refractivity contribution >= 4 is 33.3 Å². The van der Waals surface area contributed by atoms with Crippen molar-refractivity contribution < 1.29 is 8.42 Å². The van der Waals surface area contributed by atoms with Crippen LogP contribution in [-0.2, 0) is 10.0 Å². The Morgan fingerprint density at radius 3 is 2.55 bits per heavy atom. The summed E-state index contributed by atoms with van der Waals surface area (Å²) in [6.07, 6.45) is 2.42. The molecule has 0 bridgehead atoms. The van der Waals surface area contributed by atoms with Crippen molar-refractivity contribution in [2.75, 3.05) is 20.1 Å². The van der Waals surface area contributed by atoms with Gasteiger partial charge < -0.3 is 5.32 Å². The third-order valence-corrected chi connectivity index (χ3v) is 7.36. The van der Waals surface area contributed by atoms with Gasteiger partial charge in [-0.1, -0.05) is 54.1 Å². The number of benzene rings is 2. The number of sulfonamides is 1. The van der Waals surface area contributed by atoms with E-state index < -0.39 is 15.4 Å². The molecule has 1 unspecified atom stereocenters. The van der Waals surface area contributed by atoms with Crippen molar-refractivity contribution in [3.05, 3.63) is 70.7 Å².